The zero-order chi connectivity index (χ0) is 12.9. The van der Waals surface area contributed by atoms with Crippen LogP contribution in [-0.2, 0) is 11.2 Å². The number of hydrogen-bond acceptors (Lipinski definition) is 1. The average molecular weight is 295 g/mol. The highest BCUT2D eigenvalue weighted by Gasteiger charge is 2.30. The molecular weight excluding hydrogens is 280 g/mol. The molecule has 0 spiro atoms. The van der Waals surface area contributed by atoms with Gasteiger partial charge in [0.1, 0.15) is 0 Å². The van der Waals surface area contributed by atoms with Crippen LogP contribution in [0, 0.1) is 0 Å². The minimum atomic E-state index is -1.93. The van der Waals surface area contributed by atoms with Crippen molar-refractivity contribution in [3.05, 3.63) is 29.8 Å². The van der Waals surface area contributed by atoms with Gasteiger partial charge in [0.25, 0.3) is 9.70 Å². The second-order valence-corrected chi connectivity index (χ2v) is 6.03. The Kier molecular flexibility index (Phi) is 5.57. The molecule has 1 aromatic rings. The summed E-state index contributed by atoms with van der Waals surface area (Å²) in [5.41, 5.74) is 1.86. The molecule has 0 saturated heterocycles. The molecule has 0 heterocycles. The average Bonchev–Trinajstić information content (AvgIpc) is 2.27. The van der Waals surface area contributed by atoms with Crippen LogP contribution >= 0.6 is 34.8 Å². The third-order valence-electron chi connectivity index (χ3n) is 2.29. The highest BCUT2D eigenvalue weighted by molar-refractivity contribution is 6.76. The summed E-state index contributed by atoms with van der Waals surface area (Å²) in [6.07, 6.45) is 3.35. The number of benzene rings is 1. The third kappa shape index (κ3) is 5.15. The summed E-state index contributed by atoms with van der Waals surface area (Å²) < 4.78 is -1.93. The first-order chi connectivity index (χ1) is 7.93. The van der Waals surface area contributed by atoms with Gasteiger partial charge in [-0.25, -0.2) is 0 Å². The summed E-state index contributed by atoms with van der Waals surface area (Å²) in [6.45, 7) is 2.15. The molecule has 1 aromatic carbocycles. The van der Waals surface area contributed by atoms with Crippen LogP contribution in [0.3, 0.4) is 0 Å². The van der Waals surface area contributed by atoms with Gasteiger partial charge in [0.05, 0.1) is 0 Å². The summed E-state index contributed by atoms with van der Waals surface area (Å²) in [5.74, 6) is -0.649. The molecule has 0 bridgehead atoms. The van der Waals surface area contributed by atoms with E-state index in [1.807, 2.05) is 12.1 Å². The van der Waals surface area contributed by atoms with Crippen LogP contribution in [0.15, 0.2) is 24.3 Å². The first-order valence-electron chi connectivity index (χ1n) is 5.40. The van der Waals surface area contributed by atoms with E-state index in [0.717, 1.165) is 19.3 Å². The van der Waals surface area contributed by atoms with Gasteiger partial charge in [0, 0.05) is 5.69 Å². The molecule has 0 unspecified atom stereocenters. The molecule has 0 atom stereocenters. The molecular formula is C12H14Cl3NO. The Morgan fingerprint density at radius 2 is 1.82 bits per heavy atom. The lowest BCUT2D eigenvalue weighted by Gasteiger charge is -2.11. The number of unbranched alkanes of at least 4 members (excludes halogenated alkanes) is 1. The van der Waals surface area contributed by atoms with E-state index in [4.69, 9.17) is 34.8 Å². The summed E-state index contributed by atoms with van der Waals surface area (Å²) in [4.78, 5) is 11.4. The number of anilines is 1. The van der Waals surface area contributed by atoms with Crippen molar-refractivity contribution in [2.75, 3.05) is 5.32 Å². The summed E-state index contributed by atoms with van der Waals surface area (Å²) in [7, 11) is 0. The van der Waals surface area contributed by atoms with E-state index in [2.05, 4.69) is 12.2 Å². The molecule has 0 aromatic heterocycles. The normalized spacial score (nSPS) is 11.3. The second-order valence-electron chi connectivity index (χ2n) is 3.75. The van der Waals surface area contributed by atoms with E-state index in [-0.39, 0.29) is 0 Å². The van der Waals surface area contributed by atoms with E-state index in [0.29, 0.717) is 5.69 Å². The van der Waals surface area contributed by atoms with E-state index in [9.17, 15) is 4.79 Å². The maximum Gasteiger partial charge on any atom is 0.276 e. The van der Waals surface area contributed by atoms with Gasteiger partial charge in [0.15, 0.2) is 0 Å². The van der Waals surface area contributed by atoms with Crippen LogP contribution < -0.4 is 5.32 Å². The number of hydrogen-bond donors (Lipinski definition) is 1. The van der Waals surface area contributed by atoms with Crippen LogP contribution in [-0.4, -0.2) is 9.70 Å². The van der Waals surface area contributed by atoms with Crippen LogP contribution in [0.1, 0.15) is 25.3 Å². The molecule has 0 radical (unpaired) electrons. The molecule has 5 heteroatoms. The Balaban J connectivity index is 2.59. The number of rotatable bonds is 4. The van der Waals surface area contributed by atoms with Gasteiger partial charge >= 0.3 is 0 Å². The second kappa shape index (κ2) is 6.48. The smallest absolute Gasteiger partial charge is 0.276 e. The molecule has 0 fully saturated rings. The minimum Gasteiger partial charge on any atom is -0.322 e. The fourth-order valence-corrected chi connectivity index (χ4v) is 1.48. The molecule has 1 amide bonds. The fourth-order valence-electron chi connectivity index (χ4n) is 1.34. The lowest BCUT2D eigenvalue weighted by molar-refractivity contribution is -0.115. The van der Waals surface area contributed by atoms with E-state index < -0.39 is 9.70 Å². The Morgan fingerprint density at radius 3 is 2.29 bits per heavy atom. The van der Waals surface area contributed by atoms with E-state index >= 15 is 0 Å². The van der Waals surface area contributed by atoms with Crippen molar-refractivity contribution in [3.63, 3.8) is 0 Å². The quantitative estimate of drug-likeness (QED) is 0.822. The van der Waals surface area contributed by atoms with Crippen LogP contribution in [0.25, 0.3) is 0 Å². The number of carbonyl (C=O) groups is 1. The van der Waals surface area contributed by atoms with Gasteiger partial charge in [0.2, 0.25) is 0 Å². The number of aryl methyl sites for hydroxylation is 1. The van der Waals surface area contributed by atoms with Gasteiger partial charge in [-0.2, -0.15) is 0 Å². The van der Waals surface area contributed by atoms with Gasteiger partial charge in [-0.05, 0) is 30.5 Å². The predicted molar refractivity (Wildman–Crippen MR) is 74.0 cm³/mol. The lowest BCUT2D eigenvalue weighted by atomic mass is 10.1. The van der Waals surface area contributed by atoms with Crippen molar-refractivity contribution >= 4 is 46.4 Å². The molecule has 94 valence electrons. The molecule has 0 saturated carbocycles. The summed E-state index contributed by atoms with van der Waals surface area (Å²) >= 11 is 16.4. The number of carbonyl (C=O) groups excluding carboxylic acids is 1. The summed E-state index contributed by atoms with van der Waals surface area (Å²) in [6, 6.07) is 7.53. The number of alkyl halides is 3. The van der Waals surface area contributed by atoms with Gasteiger partial charge in [-0.3, -0.25) is 4.79 Å². The molecule has 0 aliphatic heterocycles. The minimum absolute atomic E-state index is 0.626. The molecule has 0 aliphatic carbocycles. The fraction of sp³-hybridized carbons (Fsp3) is 0.417. The zero-order valence-electron chi connectivity index (χ0n) is 9.47. The van der Waals surface area contributed by atoms with E-state index in [1.54, 1.807) is 12.1 Å². The van der Waals surface area contributed by atoms with Crippen molar-refractivity contribution in [3.8, 4) is 0 Å². The first-order valence-corrected chi connectivity index (χ1v) is 6.54. The molecule has 1 rings (SSSR count). The largest absolute Gasteiger partial charge is 0.322 e. The summed E-state index contributed by atoms with van der Waals surface area (Å²) in [5, 5.41) is 2.53. The van der Waals surface area contributed by atoms with Gasteiger partial charge in [-0.1, -0.05) is 60.3 Å². The van der Waals surface area contributed by atoms with Gasteiger partial charge in [-0.15, -0.1) is 0 Å². The van der Waals surface area contributed by atoms with Crippen LogP contribution in [0.4, 0.5) is 5.69 Å². The van der Waals surface area contributed by atoms with Crippen molar-refractivity contribution in [1.82, 2.24) is 0 Å². The third-order valence-corrected chi connectivity index (χ3v) is 2.80. The number of amides is 1. The molecule has 2 nitrogen and oxygen atoms in total. The SMILES string of the molecule is CCCCc1ccc(NC(=O)C(Cl)(Cl)Cl)cc1. The van der Waals surface area contributed by atoms with Crippen molar-refractivity contribution in [2.45, 2.75) is 30.0 Å². The first kappa shape index (κ1) is 14.6. The van der Waals surface area contributed by atoms with Crippen molar-refractivity contribution < 1.29 is 4.79 Å². The monoisotopic (exact) mass is 293 g/mol. The van der Waals surface area contributed by atoms with Gasteiger partial charge < -0.3 is 5.32 Å². The Morgan fingerprint density at radius 1 is 1.24 bits per heavy atom. The highest BCUT2D eigenvalue weighted by atomic mass is 35.6. The standard InChI is InChI=1S/C12H14Cl3NO/c1-2-3-4-9-5-7-10(8-6-9)16-11(17)12(13,14)15/h5-8H,2-4H2,1H3,(H,16,17). The molecule has 1 N–H and O–H groups in total. The number of halogens is 3. The maximum absolute atomic E-state index is 11.4. The predicted octanol–water partition coefficient (Wildman–Crippen LogP) is 4.34. The van der Waals surface area contributed by atoms with Crippen molar-refractivity contribution in [1.29, 1.82) is 0 Å². The van der Waals surface area contributed by atoms with Crippen molar-refractivity contribution in [2.24, 2.45) is 0 Å². The zero-order valence-corrected chi connectivity index (χ0v) is 11.7. The Hall–Kier alpha value is -0.440. The lowest BCUT2D eigenvalue weighted by Crippen LogP contribution is -2.26. The number of nitrogens with one attached hydrogen (secondary N) is 1. The van der Waals surface area contributed by atoms with Crippen LogP contribution in [0.2, 0.25) is 0 Å². The van der Waals surface area contributed by atoms with Crippen LogP contribution in [0.5, 0.6) is 0 Å². The Bertz CT molecular complexity index is 370. The molecule has 0 aliphatic rings. The Labute approximate surface area is 116 Å². The van der Waals surface area contributed by atoms with E-state index in [1.165, 1.54) is 5.56 Å². The topological polar surface area (TPSA) is 29.1 Å². The highest BCUT2D eigenvalue weighted by Crippen LogP contribution is 2.27. The maximum atomic E-state index is 11.4. The molecule has 17 heavy (non-hydrogen) atoms.